The van der Waals surface area contributed by atoms with Gasteiger partial charge in [-0.3, -0.25) is 4.57 Å². The van der Waals surface area contributed by atoms with Crippen molar-refractivity contribution < 1.29 is 26.7 Å². The fourth-order valence-electron chi connectivity index (χ4n) is 4.10. The summed E-state index contributed by atoms with van der Waals surface area (Å²) in [6.45, 7) is 5.85. The molecule has 0 saturated carbocycles. The molecule has 2 fully saturated rings. The quantitative estimate of drug-likeness (QED) is 0.462. The second kappa shape index (κ2) is 9.55. The smallest absolute Gasteiger partial charge is 0.296 e. The third kappa shape index (κ3) is 4.56. The molecule has 0 amide bonds. The molecule has 2 aliphatic rings. The Kier molecular flexibility index (Phi) is 6.44. The van der Waals surface area contributed by atoms with Crippen LogP contribution in [-0.2, 0) is 14.8 Å². The number of rotatable bonds is 8. The van der Waals surface area contributed by atoms with E-state index in [0.29, 0.717) is 56.6 Å². The number of alkyl halides is 2. The Morgan fingerprint density at radius 2 is 1.78 bits per heavy atom. The van der Waals surface area contributed by atoms with Gasteiger partial charge in [0.25, 0.3) is 6.43 Å². The molecule has 0 spiro atoms. The maximum absolute atomic E-state index is 14.1. The summed E-state index contributed by atoms with van der Waals surface area (Å²) in [6, 6.07) is 4.58. The van der Waals surface area contributed by atoms with Gasteiger partial charge >= 0.3 is 0 Å². The highest BCUT2D eigenvalue weighted by atomic mass is 32.2. The summed E-state index contributed by atoms with van der Waals surface area (Å²) < 4.78 is 66.3. The number of fused-ring (bicyclic) bond motifs is 1. The van der Waals surface area contributed by atoms with Gasteiger partial charge in [0, 0.05) is 31.6 Å². The van der Waals surface area contributed by atoms with Crippen LogP contribution in [0.15, 0.2) is 30.2 Å². The Morgan fingerprint density at radius 1 is 1.11 bits per heavy atom. The van der Waals surface area contributed by atoms with Gasteiger partial charge in [-0.2, -0.15) is 15.0 Å². The minimum Gasteiger partial charge on any atom is -0.494 e. The fraction of sp³-hybridized carbons (Fsp3) is 0.429. The summed E-state index contributed by atoms with van der Waals surface area (Å²) >= 11 is 0. The summed E-state index contributed by atoms with van der Waals surface area (Å²) in [5.41, 5.74) is 0.614. The maximum atomic E-state index is 14.1. The predicted molar refractivity (Wildman–Crippen MR) is 127 cm³/mol. The van der Waals surface area contributed by atoms with Crippen LogP contribution >= 0.6 is 0 Å². The predicted octanol–water partition coefficient (Wildman–Crippen LogP) is 1.24. The number of nitrogens with one attached hydrogen (secondary N) is 1. The van der Waals surface area contributed by atoms with Crippen LogP contribution in [-0.4, -0.2) is 85.5 Å². The lowest BCUT2D eigenvalue weighted by Crippen LogP contribution is -2.59. The lowest BCUT2D eigenvalue weighted by Gasteiger charge is -2.39. The van der Waals surface area contributed by atoms with E-state index in [9.17, 15) is 17.2 Å². The van der Waals surface area contributed by atoms with Crippen molar-refractivity contribution >= 4 is 33.0 Å². The van der Waals surface area contributed by atoms with Gasteiger partial charge in [0.2, 0.25) is 27.9 Å². The number of aromatic nitrogens is 5. The van der Waals surface area contributed by atoms with Gasteiger partial charge in [-0.1, -0.05) is 12.6 Å². The van der Waals surface area contributed by atoms with Crippen LogP contribution in [0.25, 0.3) is 17.0 Å². The topological polar surface area (TPSA) is 128 Å². The largest absolute Gasteiger partial charge is 0.494 e. The van der Waals surface area contributed by atoms with Crippen molar-refractivity contribution in [1.82, 2.24) is 29.2 Å². The summed E-state index contributed by atoms with van der Waals surface area (Å²) in [5, 5.41) is 0.845. The van der Waals surface area contributed by atoms with Gasteiger partial charge in [0.15, 0.2) is 5.82 Å². The molecule has 2 aromatic heterocycles. The molecule has 5 rings (SSSR count). The van der Waals surface area contributed by atoms with E-state index in [-0.39, 0.29) is 23.5 Å². The second-order valence-electron chi connectivity index (χ2n) is 8.20. The molecule has 0 radical (unpaired) electrons. The molecule has 15 heteroatoms. The average molecular weight is 523 g/mol. The van der Waals surface area contributed by atoms with Crippen LogP contribution in [0.2, 0.25) is 0 Å². The third-order valence-electron chi connectivity index (χ3n) is 5.90. The van der Waals surface area contributed by atoms with E-state index in [2.05, 4.69) is 31.2 Å². The number of para-hydroxylation sites is 1. The Hall–Kier alpha value is -3.43. The lowest BCUT2D eigenvalue weighted by molar-refractivity contribution is 0.122. The van der Waals surface area contributed by atoms with Gasteiger partial charge in [-0.05, 0) is 12.1 Å². The standard InChI is InChI=1S/C21H24F2N8O4S/c1-3-36(32,33)28-13-11-30(12-13)20-25-19(29-7-9-35-10-8-29)26-21(27-20)31-14-5-4-6-15(34-2)16(14)24-18(31)17(22)23/h3-6,13,17,28H,1,7-12H2,2H3. The molecule has 1 N–H and O–H groups in total. The zero-order valence-electron chi connectivity index (χ0n) is 19.3. The van der Waals surface area contributed by atoms with Crippen LogP contribution in [0, 0.1) is 0 Å². The average Bonchev–Trinajstić information content (AvgIpc) is 3.26. The van der Waals surface area contributed by atoms with Crippen molar-refractivity contribution in [2.45, 2.75) is 12.5 Å². The van der Waals surface area contributed by atoms with Gasteiger partial charge in [0.05, 0.1) is 31.9 Å². The van der Waals surface area contributed by atoms with Crippen molar-refractivity contribution in [3.63, 3.8) is 0 Å². The molecule has 3 aromatic rings. The lowest BCUT2D eigenvalue weighted by atomic mass is 10.1. The van der Waals surface area contributed by atoms with Crippen LogP contribution in [0.1, 0.15) is 12.2 Å². The van der Waals surface area contributed by atoms with E-state index >= 15 is 0 Å². The maximum Gasteiger partial charge on any atom is 0.296 e. The van der Waals surface area contributed by atoms with E-state index in [4.69, 9.17) is 9.47 Å². The Balaban J connectivity index is 1.59. The number of halogens is 2. The second-order valence-corrected chi connectivity index (χ2v) is 9.86. The van der Waals surface area contributed by atoms with Crippen LogP contribution < -0.4 is 19.3 Å². The third-order valence-corrected chi connectivity index (χ3v) is 7.00. The van der Waals surface area contributed by atoms with Crippen molar-refractivity contribution in [2.75, 3.05) is 56.3 Å². The number of imidazole rings is 1. The minimum absolute atomic E-state index is 0.0253. The number of methoxy groups -OCH3 is 1. The number of sulfonamides is 1. The van der Waals surface area contributed by atoms with Crippen LogP contribution in [0.3, 0.4) is 0 Å². The van der Waals surface area contributed by atoms with Gasteiger partial charge in [-0.15, -0.1) is 0 Å². The van der Waals surface area contributed by atoms with Gasteiger partial charge < -0.3 is 19.3 Å². The SMILES string of the molecule is C=CS(=O)(=O)NC1CN(c2nc(N3CCOCC3)nc(-n3c(C(F)F)nc4c(OC)cccc43)n2)C1. The summed E-state index contributed by atoms with van der Waals surface area (Å²) in [6.07, 6.45) is -2.91. The summed E-state index contributed by atoms with van der Waals surface area (Å²) in [4.78, 5) is 21.3. The van der Waals surface area contributed by atoms with Gasteiger partial charge in [-0.25, -0.2) is 26.9 Å². The Bertz CT molecular complexity index is 1390. The van der Waals surface area contributed by atoms with Crippen molar-refractivity contribution in [3.05, 3.63) is 36.0 Å². The van der Waals surface area contributed by atoms with Crippen molar-refractivity contribution in [1.29, 1.82) is 0 Å². The highest BCUT2D eigenvalue weighted by Crippen LogP contribution is 2.32. The Labute approximate surface area is 205 Å². The molecular weight excluding hydrogens is 498 g/mol. The molecule has 1 aromatic carbocycles. The zero-order valence-corrected chi connectivity index (χ0v) is 20.2. The van der Waals surface area contributed by atoms with Crippen molar-refractivity contribution in [3.8, 4) is 11.7 Å². The molecule has 2 aliphatic heterocycles. The van der Waals surface area contributed by atoms with Crippen LogP contribution in [0.4, 0.5) is 20.7 Å². The van der Waals surface area contributed by atoms with E-state index in [1.165, 1.54) is 11.7 Å². The molecule has 2 saturated heterocycles. The number of morpholine rings is 1. The molecule has 0 aliphatic carbocycles. The van der Waals surface area contributed by atoms with E-state index < -0.39 is 22.3 Å². The normalized spacial score (nSPS) is 17.0. The first-order valence-electron chi connectivity index (χ1n) is 11.1. The fourth-order valence-corrected chi connectivity index (χ4v) is 4.81. The molecule has 4 heterocycles. The first-order chi connectivity index (χ1) is 17.3. The number of ether oxygens (including phenoxy) is 2. The van der Waals surface area contributed by atoms with Crippen LogP contribution in [0.5, 0.6) is 5.75 Å². The van der Waals surface area contributed by atoms with E-state index in [0.717, 1.165) is 5.41 Å². The first-order valence-corrected chi connectivity index (χ1v) is 12.7. The number of hydrogen-bond donors (Lipinski definition) is 1. The zero-order chi connectivity index (χ0) is 25.4. The molecule has 36 heavy (non-hydrogen) atoms. The molecule has 12 nitrogen and oxygen atoms in total. The molecule has 0 bridgehead atoms. The molecule has 0 unspecified atom stereocenters. The number of anilines is 2. The Morgan fingerprint density at radius 3 is 2.42 bits per heavy atom. The number of nitrogens with zero attached hydrogens (tertiary/aromatic N) is 7. The number of benzene rings is 1. The molecule has 192 valence electrons. The molecule has 0 atom stereocenters. The summed E-state index contributed by atoms with van der Waals surface area (Å²) in [7, 11) is -2.16. The molecular formula is C21H24F2N8O4S. The minimum atomic E-state index is -3.60. The highest BCUT2D eigenvalue weighted by Gasteiger charge is 2.33. The number of hydrogen-bond acceptors (Lipinski definition) is 10. The van der Waals surface area contributed by atoms with E-state index in [1.54, 1.807) is 23.1 Å². The van der Waals surface area contributed by atoms with E-state index in [1.807, 2.05) is 4.90 Å². The van der Waals surface area contributed by atoms with Crippen molar-refractivity contribution in [2.24, 2.45) is 0 Å². The summed E-state index contributed by atoms with van der Waals surface area (Å²) in [5.74, 6) is 0.331. The van der Waals surface area contributed by atoms with Gasteiger partial charge in [0.1, 0.15) is 11.3 Å². The highest BCUT2D eigenvalue weighted by molar-refractivity contribution is 7.92. The first kappa shape index (κ1) is 24.3. The monoisotopic (exact) mass is 522 g/mol.